The second kappa shape index (κ2) is 7.93. The third-order valence-electron chi connectivity index (χ3n) is 4.88. The molecule has 1 heterocycles. The number of anilines is 2. The van der Waals surface area contributed by atoms with Crippen molar-refractivity contribution in [2.75, 3.05) is 11.1 Å². The largest absolute Gasteiger partial charge is 0.397 e. The van der Waals surface area contributed by atoms with Gasteiger partial charge in [-0.25, -0.2) is 0 Å². The van der Waals surface area contributed by atoms with Crippen molar-refractivity contribution in [1.29, 1.82) is 0 Å². The van der Waals surface area contributed by atoms with Gasteiger partial charge in [0.2, 0.25) is 5.91 Å². The lowest BCUT2D eigenvalue weighted by molar-refractivity contribution is -0.131. The fourth-order valence-electron chi connectivity index (χ4n) is 3.28. The molecule has 2 aromatic carbocycles. The summed E-state index contributed by atoms with van der Waals surface area (Å²) in [6, 6.07) is 14.0. The number of nitrogen functional groups attached to an aromatic ring is 1. The molecule has 0 aromatic heterocycles. The van der Waals surface area contributed by atoms with Gasteiger partial charge in [0.15, 0.2) is 0 Å². The van der Waals surface area contributed by atoms with Crippen LogP contribution < -0.4 is 11.1 Å². The summed E-state index contributed by atoms with van der Waals surface area (Å²) in [5.41, 5.74) is 8.33. The quantitative estimate of drug-likeness (QED) is 0.761. The van der Waals surface area contributed by atoms with Gasteiger partial charge in [-0.05, 0) is 35.9 Å². The number of amides is 2. The Labute approximate surface area is 173 Å². The Morgan fingerprint density at radius 3 is 2.69 bits per heavy atom. The van der Waals surface area contributed by atoms with Crippen LogP contribution in [-0.4, -0.2) is 29.1 Å². The molecule has 7 heteroatoms. The summed E-state index contributed by atoms with van der Waals surface area (Å²) in [4.78, 5) is 31.2. The Bertz CT molecular complexity index is 1040. The van der Waals surface area contributed by atoms with Gasteiger partial charge in [0.1, 0.15) is 0 Å². The lowest BCUT2D eigenvalue weighted by atomic mass is 9.93. The van der Waals surface area contributed by atoms with Crippen molar-refractivity contribution in [2.24, 2.45) is 10.9 Å². The fraction of sp³-hybridized carbons (Fsp3) is 0.136. The Kier molecular flexibility index (Phi) is 5.18. The minimum atomic E-state index is -0.376. The normalized spacial score (nSPS) is 20.2. The molecular formula is C22H19ClN4O2. The first-order valence-electron chi connectivity index (χ1n) is 9.15. The van der Waals surface area contributed by atoms with Crippen LogP contribution in [0, 0.1) is 5.92 Å². The van der Waals surface area contributed by atoms with Crippen molar-refractivity contribution in [1.82, 2.24) is 4.90 Å². The predicted octanol–water partition coefficient (Wildman–Crippen LogP) is 3.57. The molecule has 0 saturated heterocycles. The van der Waals surface area contributed by atoms with Crippen LogP contribution in [0.15, 0.2) is 76.8 Å². The number of halogens is 1. The summed E-state index contributed by atoms with van der Waals surface area (Å²) in [6.45, 7) is 0.369. The van der Waals surface area contributed by atoms with Crippen LogP contribution >= 0.6 is 11.6 Å². The van der Waals surface area contributed by atoms with Crippen LogP contribution in [0.5, 0.6) is 0 Å². The number of carbonyl (C=O) groups excluding carboxylic acids is 2. The third kappa shape index (κ3) is 4.07. The topological polar surface area (TPSA) is 87.8 Å². The van der Waals surface area contributed by atoms with Gasteiger partial charge in [0.25, 0.3) is 5.91 Å². The molecule has 0 saturated carbocycles. The van der Waals surface area contributed by atoms with Gasteiger partial charge in [-0.2, -0.15) is 0 Å². The van der Waals surface area contributed by atoms with E-state index >= 15 is 0 Å². The zero-order valence-corrected chi connectivity index (χ0v) is 16.2. The van der Waals surface area contributed by atoms with E-state index in [1.165, 1.54) is 0 Å². The molecule has 0 spiro atoms. The lowest BCUT2D eigenvalue weighted by Gasteiger charge is -2.31. The van der Waals surface area contributed by atoms with Crippen LogP contribution in [-0.2, 0) is 11.3 Å². The maximum atomic E-state index is 12.7. The van der Waals surface area contributed by atoms with Crippen LogP contribution in [0.4, 0.5) is 11.4 Å². The summed E-state index contributed by atoms with van der Waals surface area (Å²) in [6.07, 6.45) is 6.90. The number of allylic oxidation sites excluding steroid dienone is 2. The molecule has 0 bridgehead atoms. The van der Waals surface area contributed by atoms with E-state index < -0.39 is 0 Å². The third-order valence-corrected chi connectivity index (χ3v) is 5.14. The summed E-state index contributed by atoms with van der Waals surface area (Å²) >= 11 is 6.03. The smallest absolute Gasteiger partial charge is 0.255 e. The summed E-state index contributed by atoms with van der Waals surface area (Å²) in [5, 5.41) is 3.34. The van der Waals surface area contributed by atoms with E-state index in [2.05, 4.69) is 10.3 Å². The number of benzene rings is 2. The first kappa shape index (κ1) is 19.0. The first-order valence-corrected chi connectivity index (χ1v) is 9.53. The Balaban J connectivity index is 1.43. The number of nitrogens with two attached hydrogens (primary N) is 1. The van der Waals surface area contributed by atoms with Crippen molar-refractivity contribution in [3.63, 3.8) is 0 Å². The number of para-hydroxylation sites is 2. The van der Waals surface area contributed by atoms with Gasteiger partial charge in [0, 0.05) is 10.6 Å². The van der Waals surface area contributed by atoms with Gasteiger partial charge >= 0.3 is 0 Å². The Morgan fingerprint density at radius 1 is 1.17 bits per heavy atom. The number of nitrogens with one attached hydrogen (secondary N) is 1. The number of nitrogens with zero attached hydrogens (tertiary/aromatic N) is 2. The number of rotatable bonds is 4. The predicted molar refractivity (Wildman–Crippen MR) is 115 cm³/mol. The molecule has 1 aliphatic carbocycles. The second-order valence-corrected chi connectivity index (χ2v) is 7.33. The average Bonchev–Trinajstić information content (AvgIpc) is 2.72. The first-order chi connectivity index (χ1) is 14.0. The van der Waals surface area contributed by atoms with E-state index in [-0.39, 0.29) is 23.8 Å². The molecule has 29 heavy (non-hydrogen) atoms. The van der Waals surface area contributed by atoms with Gasteiger partial charge in [-0.15, -0.1) is 0 Å². The van der Waals surface area contributed by atoms with Crippen molar-refractivity contribution in [2.45, 2.75) is 12.6 Å². The zero-order chi connectivity index (χ0) is 20.4. The van der Waals surface area contributed by atoms with E-state index in [0.29, 0.717) is 28.5 Å². The molecule has 2 amide bonds. The molecule has 6 nitrogen and oxygen atoms in total. The Hall–Kier alpha value is -3.38. The Morgan fingerprint density at radius 2 is 1.93 bits per heavy atom. The highest BCUT2D eigenvalue weighted by atomic mass is 35.5. The SMILES string of the molecule is Nc1ccccc1NC(=O)c1ccc(CN2C=NC3C=CC(Cl)=CC3C2=O)cc1. The van der Waals surface area contributed by atoms with Gasteiger partial charge < -0.3 is 11.1 Å². The number of carbonyl (C=O) groups is 2. The molecule has 1 aliphatic heterocycles. The molecule has 0 fully saturated rings. The minimum Gasteiger partial charge on any atom is -0.397 e. The monoisotopic (exact) mass is 406 g/mol. The second-order valence-electron chi connectivity index (χ2n) is 6.90. The molecule has 146 valence electrons. The highest BCUT2D eigenvalue weighted by Crippen LogP contribution is 2.27. The molecule has 4 rings (SSSR count). The summed E-state index contributed by atoms with van der Waals surface area (Å²) in [5.74, 6) is -0.672. The highest BCUT2D eigenvalue weighted by molar-refractivity contribution is 6.31. The van der Waals surface area contributed by atoms with E-state index in [1.807, 2.05) is 18.2 Å². The van der Waals surface area contributed by atoms with Crippen molar-refractivity contribution >= 4 is 41.1 Å². The molecule has 2 aromatic rings. The molecule has 0 radical (unpaired) electrons. The van der Waals surface area contributed by atoms with Crippen LogP contribution in [0.3, 0.4) is 0 Å². The van der Waals surface area contributed by atoms with Crippen molar-refractivity contribution < 1.29 is 9.59 Å². The standard InChI is InChI=1S/C22H19ClN4O2/c23-16-9-10-19-17(11-16)22(29)27(13-25-19)12-14-5-7-15(8-6-14)21(28)26-20-4-2-1-3-18(20)24/h1-11,13,17,19H,12,24H2,(H,26,28). The lowest BCUT2D eigenvalue weighted by Crippen LogP contribution is -2.43. The van der Waals surface area contributed by atoms with E-state index in [4.69, 9.17) is 17.3 Å². The number of fused-ring (bicyclic) bond motifs is 1. The zero-order valence-electron chi connectivity index (χ0n) is 15.5. The number of aliphatic imine (C=N–C) groups is 1. The van der Waals surface area contributed by atoms with Crippen molar-refractivity contribution in [3.05, 3.63) is 82.9 Å². The summed E-state index contributed by atoms with van der Waals surface area (Å²) < 4.78 is 0. The minimum absolute atomic E-state index is 0.0473. The number of hydrogen-bond donors (Lipinski definition) is 2. The maximum absolute atomic E-state index is 12.7. The van der Waals surface area contributed by atoms with E-state index in [1.54, 1.807) is 59.8 Å². The molecule has 3 N–H and O–H groups in total. The molecule has 2 aliphatic rings. The van der Waals surface area contributed by atoms with Crippen LogP contribution in [0.2, 0.25) is 0 Å². The van der Waals surface area contributed by atoms with Crippen LogP contribution in [0.1, 0.15) is 15.9 Å². The molecule has 2 unspecified atom stereocenters. The van der Waals surface area contributed by atoms with Crippen molar-refractivity contribution in [3.8, 4) is 0 Å². The average molecular weight is 407 g/mol. The van der Waals surface area contributed by atoms with E-state index in [9.17, 15) is 9.59 Å². The highest BCUT2D eigenvalue weighted by Gasteiger charge is 2.33. The summed E-state index contributed by atoms with van der Waals surface area (Å²) in [7, 11) is 0. The van der Waals surface area contributed by atoms with E-state index in [0.717, 1.165) is 5.56 Å². The van der Waals surface area contributed by atoms with Gasteiger partial charge in [-0.1, -0.05) is 48.0 Å². The fourth-order valence-corrected chi connectivity index (χ4v) is 3.49. The molecular weight excluding hydrogens is 388 g/mol. The number of hydrogen-bond acceptors (Lipinski definition) is 4. The molecule has 2 atom stereocenters. The maximum Gasteiger partial charge on any atom is 0.255 e. The van der Waals surface area contributed by atoms with Gasteiger partial charge in [0.05, 0.1) is 36.2 Å². The van der Waals surface area contributed by atoms with Crippen LogP contribution in [0.25, 0.3) is 0 Å². The van der Waals surface area contributed by atoms with Gasteiger partial charge in [-0.3, -0.25) is 19.5 Å².